The first-order valence-corrected chi connectivity index (χ1v) is 9.30. The van der Waals surface area contributed by atoms with Crippen LogP contribution in [0.5, 0.6) is 11.5 Å². The maximum Gasteiger partial charge on any atom is 0.355 e. The number of hydrogen-bond donors (Lipinski definition) is 3. The molecule has 4 rings (SSSR count). The minimum Gasteiger partial charge on any atom is -0.497 e. The lowest BCUT2D eigenvalue weighted by atomic mass is 10.2. The molecule has 0 fully saturated rings. The molecule has 0 saturated carbocycles. The number of rotatable bonds is 7. The lowest BCUT2D eigenvalue weighted by Crippen LogP contribution is -2.11. The molecule has 0 bridgehead atoms. The monoisotopic (exact) mass is 420 g/mol. The van der Waals surface area contributed by atoms with Crippen molar-refractivity contribution in [2.24, 2.45) is 0 Å². The average molecular weight is 420 g/mol. The van der Waals surface area contributed by atoms with E-state index in [-0.39, 0.29) is 24.3 Å². The Balaban J connectivity index is 1.47. The lowest BCUT2D eigenvalue weighted by molar-refractivity contribution is 0.0456. The number of fused-ring (bicyclic) bond motifs is 1. The summed E-state index contributed by atoms with van der Waals surface area (Å²) in [5, 5.41) is 3.89. The average Bonchev–Trinajstić information content (AvgIpc) is 3.21. The minimum absolute atomic E-state index is 0.00356. The fourth-order valence-corrected chi connectivity index (χ4v) is 2.98. The number of anilines is 3. The quantitative estimate of drug-likeness (QED) is 0.385. The fourth-order valence-electron chi connectivity index (χ4n) is 2.98. The van der Waals surface area contributed by atoms with Gasteiger partial charge in [-0.2, -0.15) is 15.0 Å². The van der Waals surface area contributed by atoms with Crippen LogP contribution in [-0.2, 0) is 11.3 Å². The Morgan fingerprint density at radius 1 is 1.06 bits per heavy atom. The second kappa shape index (κ2) is 8.57. The van der Waals surface area contributed by atoms with E-state index in [1.165, 1.54) is 0 Å². The van der Waals surface area contributed by atoms with E-state index in [1.54, 1.807) is 32.4 Å². The summed E-state index contributed by atoms with van der Waals surface area (Å²) < 4.78 is 15.8. The van der Waals surface area contributed by atoms with E-state index >= 15 is 0 Å². The molecule has 0 spiro atoms. The molecule has 0 atom stereocenters. The molecule has 4 N–H and O–H groups in total. The van der Waals surface area contributed by atoms with E-state index in [0.29, 0.717) is 22.9 Å². The molecule has 10 heteroatoms. The third-order valence-corrected chi connectivity index (χ3v) is 4.43. The zero-order valence-electron chi connectivity index (χ0n) is 16.9. The Kier molecular flexibility index (Phi) is 5.52. The number of H-pyrrole nitrogens is 1. The molecule has 31 heavy (non-hydrogen) atoms. The lowest BCUT2D eigenvalue weighted by Gasteiger charge is -2.10. The number of nitrogens with one attached hydrogen (secondary N) is 2. The zero-order valence-corrected chi connectivity index (χ0v) is 16.9. The Morgan fingerprint density at radius 3 is 2.71 bits per heavy atom. The van der Waals surface area contributed by atoms with Gasteiger partial charge in [-0.1, -0.05) is 12.1 Å². The summed E-state index contributed by atoms with van der Waals surface area (Å²) in [6, 6.07) is 14.5. The summed E-state index contributed by atoms with van der Waals surface area (Å²) in [6.45, 7) is -0.176. The van der Waals surface area contributed by atoms with E-state index in [1.807, 2.05) is 30.3 Å². The number of para-hydroxylation sites is 2. The molecular formula is C21H20N6O4. The van der Waals surface area contributed by atoms with Gasteiger partial charge in [0, 0.05) is 17.0 Å². The van der Waals surface area contributed by atoms with Crippen molar-refractivity contribution < 1.29 is 19.0 Å². The summed E-state index contributed by atoms with van der Waals surface area (Å²) in [6.07, 6.45) is 0. The summed E-state index contributed by atoms with van der Waals surface area (Å²) in [7, 11) is 3.14. The summed E-state index contributed by atoms with van der Waals surface area (Å²) in [5.41, 5.74) is 7.51. The fraction of sp³-hybridized carbons (Fsp3) is 0.143. The predicted octanol–water partition coefficient (Wildman–Crippen LogP) is 3.05. The molecule has 0 aliphatic rings. The first-order chi connectivity index (χ1) is 15.1. The van der Waals surface area contributed by atoms with Crippen LogP contribution in [0.1, 0.15) is 16.3 Å². The molecule has 2 aromatic heterocycles. The number of benzene rings is 2. The second-order valence-corrected chi connectivity index (χ2v) is 6.47. The Labute approximate surface area is 177 Å². The van der Waals surface area contributed by atoms with Crippen molar-refractivity contribution in [3.05, 3.63) is 60.0 Å². The molecule has 2 heterocycles. The SMILES string of the molecule is COc1ccc2cc(C(=O)OCc3nc(N)nc(Nc4ccccc4OC)n3)[nH]c2c1. The van der Waals surface area contributed by atoms with E-state index in [4.69, 9.17) is 19.9 Å². The van der Waals surface area contributed by atoms with Crippen LogP contribution in [0.15, 0.2) is 48.5 Å². The van der Waals surface area contributed by atoms with Crippen LogP contribution in [0.4, 0.5) is 17.6 Å². The number of nitrogens with two attached hydrogens (primary N) is 1. The third kappa shape index (κ3) is 4.47. The van der Waals surface area contributed by atoms with Gasteiger partial charge in [0.2, 0.25) is 11.9 Å². The normalized spacial score (nSPS) is 10.6. The van der Waals surface area contributed by atoms with Crippen molar-refractivity contribution in [3.8, 4) is 11.5 Å². The molecule has 0 radical (unpaired) electrons. The molecule has 10 nitrogen and oxygen atoms in total. The van der Waals surface area contributed by atoms with E-state index in [9.17, 15) is 4.79 Å². The van der Waals surface area contributed by atoms with Gasteiger partial charge in [-0.05, 0) is 30.3 Å². The topological polar surface area (TPSA) is 137 Å². The van der Waals surface area contributed by atoms with Crippen LogP contribution in [0.3, 0.4) is 0 Å². The van der Waals surface area contributed by atoms with Gasteiger partial charge in [-0.3, -0.25) is 0 Å². The maximum absolute atomic E-state index is 12.5. The van der Waals surface area contributed by atoms with Crippen molar-refractivity contribution >= 4 is 34.5 Å². The number of carbonyl (C=O) groups is 1. The molecule has 4 aromatic rings. The summed E-state index contributed by atoms with van der Waals surface area (Å²) >= 11 is 0. The zero-order chi connectivity index (χ0) is 21.8. The van der Waals surface area contributed by atoms with Crippen molar-refractivity contribution in [2.75, 3.05) is 25.3 Å². The van der Waals surface area contributed by atoms with Crippen LogP contribution in [0, 0.1) is 0 Å². The number of carbonyl (C=O) groups excluding carboxylic acids is 1. The number of aromatic amines is 1. The summed E-state index contributed by atoms with van der Waals surface area (Å²) in [5.74, 6) is 1.16. The van der Waals surface area contributed by atoms with Gasteiger partial charge in [0.15, 0.2) is 12.4 Å². The standard InChI is InChI=1S/C21H20N6O4/c1-29-13-8-7-12-9-16(23-15(12)10-13)19(28)31-11-18-25-20(22)27-21(26-18)24-14-5-3-4-6-17(14)30-2/h3-10,23H,11H2,1-2H3,(H3,22,24,25,26,27). The number of ether oxygens (including phenoxy) is 3. The third-order valence-electron chi connectivity index (χ3n) is 4.43. The minimum atomic E-state index is -0.548. The largest absolute Gasteiger partial charge is 0.497 e. The molecule has 0 aliphatic heterocycles. The number of nitrogens with zero attached hydrogens (tertiary/aromatic N) is 3. The van der Waals surface area contributed by atoms with E-state index in [0.717, 1.165) is 10.9 Å². The molecular weight excluding hydrogens is 400 g/mol. The van der Waals surface area contributed by atoms with Crippen molar-refractivity contribution in [2.45, 2.75) is 6.61 Å². The van der Waals surface area contributed by atoms with Gasteiger partial charge in [-0.15, -0.1) is 0 Å². The first kappa shape index (κ1) is 20.0. The molecule has 0 saturated heterocycles. The van der Waals surface area contributed by atoms with Crippen molar-refractivity contribution in [1.82, 2.24) is 19.9 Å². The van der Waals surface area contributed by atoms with Gasteiger partial charge in [-0.25, -0.2) is 4.79 Å². The van der Waals surface area contributed by atoms with Crippen LogP contribution in [-0.4, -0.2) is 40.1 Å². The second-order valence-electron chi connectivity index (χ2n) is 6.47. The van der Waals surface area contributed by atoms with Gasteiger partial charge in [0.05, 0.1) is 19.9 Å². The highest BCUT2D eigenvalue weighted by atomic mass is 16.5. The summed E-state index contributed by atoms with van der Waals surface area (Å²) in [4.78, 5) is 27.8. The number of nitrogen functional groups attached to an aromatic ring is 1. The van der Waals surface area contributed by atoms with E-state index in [2.05, 4.69) is 25.3 Å². The van der Waals surface area contributed by atoms with Crippen molar-refractivity contribution in [3.63, 3.8) is 0 Å². The molecule has 0 unspecified atom stereocenters. The van der Waals surface area contributed by atoms with Gasteiger partial charge < -0.3 is 30.2 Å². The van der Waals surface area contributed by atoms with Crippen LogP contribution >= 0.6 is 0 Å². The highest BCUT2D eigenvalue weighted by Crippen LogP contribution is 2.26. The number of esters is 1. The number of methoxy groups -OCH3 is 2. The number of aromatic nitrogens is 4. The van der Waals surface area contributed by atoms with Gasteiger partial charge in [0.25, 0.3) is 0 Å². The van der Waals surface area contributed by atoms with Crippen molar-refractivity contribution in [1.29, 1.82) is 0 Å². The maximum atomic E-state index is 12.5. The highest BCUT2D eigenvalue weighted by molar-refractivity contribution is 5.95. The Morgan fingerprint density at radius 2 is 1.90 bits per heavy atom. The van der Waals surface area contributed by atoms with Crippen LogP contribution < -0.4 is 20.5 Å². The molecule has 0 amide bonds. The molecule has 2 aromatic carbocycles. The molecule has 158 valence electrons. The highest BCUT2D eigenvalue weighted by Gasteiger charge is 2.14. The Hall–Kier alpha value is -4.34. The van der Waals surface area contributed by atoms with Crippen LogP contribution in [0.25, 0.3) is 10.9 Å². The predicted molar refractivity (Wildman–Crippen MR) is 114 cm³/mol. The smallest absolute Gasteiger partial charge is 0.355 e. The first-order valence-electron chi connectivity index (χ1n) is 9.30. The molecule has 0 aliphatic carbocycles. The van der Waals surface area contributed by atoms with E-state index < -0.39 is 5.97 Å². The Bertz CT molecular complexity index is 1240. The van der Waals surface area contributed by atoms with Gasteiger partial charge in [0.1, 0.15) is 17.2 Å². The number of hydrogen-bond acceptors (Lipinski definition) is 9. The van der Waals surface area contributed by atoms with Crippen LogP contribution in [0.2, 0.25) is 0 Å². The van der Waals surface area contributed by atoms with Gasteiger partial charge >= 0.3 is 5.97 Å².